The van der Waals surface area contributed by atoms with Crippen LogP contribution in [0, 0.1) is 0 Å². The van der Waals surface area contributed by atoms with Crippen LogP contribution >= 0.6 is 11.3 Å². The van der Waals surface area contributed by atoms with Crippen molar-refractivity contribution in [2.75, 3.05) is 13.1 Å². The maximum absolute atomic E-state index is 3.58. The van der Waals surface area contributed by atoms with Crippen molar-refractivity contribution < 1.29 is 0 Å². The van der Waals surface area contributed by atoms with Crippen LogP contribution in [0.25, 0.3) is 0 Å². The van der Waals surface area contributed by atoms with Crippen molar-refractivity contribution in [1.82, 2.24) is 10.6 Å². The van der Waals surface area contributed by atoms with Gasteiger partial charge in [-0.15, -0.1) is 11.3 Å². The van der Waals surface area contributed by atoms with Gasteiger partial charge in [-0.2, -0.15) is 0 Å². The van der Waals surface area contributed by atoms with Crippen molar-refractivity contribution >= 4 is 11.3 Å². The predicted octanol–water partition coefficient (Wildman–Crippen LogP) is 3.44. The van der Waals surface area contributed by atoms with Crippen LogP contribution in [0.15, 0.2) is 17.5 Å². The van der Waals surface area contributed by atoms with Gasteiger partial charge in [0.15, 0.2) is 0 Å². The lowest BCUT2D eigenvalue weighted by Gasteiger charge is -2.24. The standard InChI is InChI=1S/C15H28N2S/c1-13(12-17-15(2,3)4)16-10-6-5-8-14-9-7-11-18-14/h7,9,11,13,16-17H,5-6,8,10,12H2,1-4H3. The minimum atomic E-state index is 0.217. The minimum absolute atomic E-state index is 0.217. The molecule has 0 saturated heterocycles. The molecule has 0 amide bonds. The monoisotopic (exact) mass is 268 g/mol. The second-order valence-corrected chi connectivity index (χ2v) is 7.05. The maximum Gasteiger partial charge on any atom is 0.0164 e. The largest absolute Gasteiger partial charge is 0.313 e. The van der Waals surface area contributed by atoms with Crippen molar-refractivity contribution in [3.63, 3.8) is 0 Å². The van der Waals surface area contributed by atoms with Gasteiger partial charge >= 0.3 is 0 Å². The lowest BCUT2D eigenvalue weighted by Crippen LogP contribution is -2.44. The average molecular weight is 268 g/mol. The van der Waals surface area contributed by atoms with Crippen LogP contribution in [0.2, 0.25) is 0 Å². The zero-order valence-electron chi connectivity index (χ0n) is 12.3. The first-order valence-corrected chi connectivity index (χ1v) is 7.86. The highest BCUT2D eigenvalue weighted by Gasteiger charge is 2.10. The van der Waals surface area contributed by atoms with E-state index in [1.54, 1.807) is 0 Å². The molecule has 2 nitrogen and oxygen atoms in total. The quantitative estimate of drug-likeness (QED) is 0.706. The van der Waals surface area contributed by atoms with Gasteiger partial charge in [-0.3, -0.25) is 0 Å². The van der Waals surface area contributed by atoms with Gasteiger partial charge in [0.1, 0.15) is 0 Å². The highest BCUT2D eigenvalue weighted by atomic mass is 32.1. The Balaban J connectivity index is 1.97. The van der Waals surface area contributed by atoms with E-state index in [1.165, 1.54) is 24.1 Å². The van der Waals surface area contributed by atoms with E-state index < -0.39 is 0 Å². The average Bonchev–Trinajstić information content (AvgIpc) is 2.78. The first kappa shape index (κ1) is 15.7. The Morgan fingerprint density at radius 3 is 2.67 bits per heavy atom. The van der Waals surface area contributed by atoms with E-state index >= 15 is 0 Å². The highest BCUT2D eigenvalue weighted by molar-refractivity contribution is 7.09. The van der Waals surface area contributed by atoms with Gasteiger partial charge in [-0.25, -0.2) is 0 Å². The summed E-state index contributed by atoms with van der Waals surface area (Å²) in [5.74, 6) is 0. The molecule has 1 unspecified atom stereocenters. The Morgan fingerprint density at radius 2 is 2.06 bits per heavy atom. The van der Waals surface area contributed by atoms with E-state index in [9.17, 15) is 0 Å². The van der Waals surface area contributed by atoms with Gasteiger partial charge < -0.3 is 10.6 Å². The SMILES string of the molecule is CC(CNC(C)(C)C)NCCCCc1cccs1. The molecule has 0 aliphatic rings. The molecule has 1 aromatic heterocycles. The Kier molecular flexibility index (Phi) is 6.90. The van der Waals surface area contributed by atoms with E-state index in [1.807, 2.05) is 11.3 Å². The molecule has 0 radical (unpaired) electrons. The Bertz CT molecular complexity index is 301. The predicted molar refractivity (Wildman–Crippen MR) is 82.5 cm³/mol. The van der Waals surface area contributed by atoms with Crippen LogP contribution in [0.1, 0.15) is 45.4 Å². The summed E-state index contributed by atoms with van der Waals surface area (Å²) in [5, 5.41) is 9.26. The summed E-state index contributed by atoms with van der Waals surface area (Å²) in [6, 6.07) is 4.91. The summed E-state index contributed by atoms with van der Waals surface area (Å²) < 4.78 is 0. The normalized spacial score (nSPS) is 13.8. The molecule has 1 heterocycles. The molecule has 0 spiro atoms. The van der Waals surface area contributed by atoms with Crippen LogP contribution in [-0.2, 0) is 6.42 Å². The molecular formula is C15H28N2S. The molecule has 0 bridgehead atoms. The fourth-order valence-electron chi connectivity index (χ4n) is 1.76. The third-order valence-corrected chi connectivity index (χ3v) is 3.80. The van der Waals surface area contributed by atoms with Gasteiger partial charge in [0, 0.05) is 23.0 Å². The van der Waals surface area contributed by atoms with Gasteiger partial charge in [-0.1, -0.05) is 6.07 Å². The fraction of sp³-hybridized carbons (Fsp3) is 0.733. The molecule has 1 rings (SSSR count). The maximum atomic E-state index is 3.58. The molecule has 0 aliphatic carbocycles. The molecule has 0 fully saturated rings. The van der Waals surface area contributed by atoms with E-state index in [0.717, 1.165) is 13.1 Å². The summed E-state index contributed by atoms with van der Waals surface area (Å²) in [4.78, 5) is 1.51. The smallest absolute Gasteiger partial charge is 0.0164 e. The molecule has 2 N–H and O–H groups in total. The number of unbranched alkanes of at least 4 members (excludes halogenated alkanes) is 1. The Hall–Kier alpha value is -0.380. The molecule has 1 atom stereocenters. The summed E-state index contributed by atoms with van der Waals surface area (Å²) in [7, 11) is 0. The molecule has 1 aromatic rings. The van der Waals surface area contributed by atoms with Crippen LogP contribution in [0.5, 0.6) is 0 Å². The number of thiophene rings is 1. The zero-order valence-corrected chi connectivity index (χ0v) is 13.1. The van der Waals surface area contributed by atoms with Crippen molar-refractivity contribution in [3.8, 4) is 0 Å². The van der Waals surface area contributed by atoms with E-state index in [-0.39, 0.29) is 5.54 Å². The summed E-state index contributed by atoms with van der Waals surface area (Å²) in [5.41, 5.74) is 0.217. The number of aryl methyl sites for hydroxylation is 1. The summed E-state index contributed by atoms with van der Waals surface area (Å²) in [6.07, 6.45) is 3.78. The second-order valence-electron chi connectivity index (χ2n) is 6.02. The third kappa shape index (κ3) is 7.85. The minimum Gasteiger partial charge on any atom is -0.313 e. The number of rotatable bonds is 8. The van der Waals surface area contributed by atoms with Gasteiger partial charge in [0.25, 0.3) is 0 Å². The molecule has 3 heteroatoms. The molecule has 18 heavy (non-hydrogen) atoms. The van der Waals surface area contributed by atoms with Gasteiger partial charge in [0.05, 0.1) is 0 Å². The van der Waals surface area contributed by atoms with Crippen molar-refractivity contribution in [3.05, 3.63) is 22.4 Å². The topological polar surface area (TPSA) is 24.1 Å². The second kappa shape index (κ2) is 7.93. The highest BCUT2D eigenvalue weighted by Crippen LogP contribution is 2.11. The van der Waals surface area contributed by atoms with Gasteiger partial charge in [0.2, 0.25) is 0 Å². The van der Waals surface area contributed by atoms with Crippen molar-refractivity contribution in [1.29, 1.82) is 0 Å². The first-order chi connectivity index (χ1) is 8.47. The molecule has 0 aliphatic heterocycles. The summed E-state index contributed by atoms with van der Waals surface area (Å²) >= 11 is 1.87. The Labute approximate surface area is 116 Å². The third-order valence-electron chi connectivity index (χ3n) is 2.86. The molecule has 104 valence electrons. The van der Waals surface area contributed by atoms with Crippen LogP contribution in [-0.4, -0.2) is 24.7 Å². The Morgan fingerprint density at radius 1 is 1.28 bits per heavy atom. The number of hydrogen-bond acceptors (Lipinski definition) is 3. The van der Waals surface area contributed by atoms with E-state index in [0.29, 0.717) is 6.04 Å². The first-order valence-electron chi connectivity index (χ1n) is 6.98. The number of hydrogen-bond donors (Lipinski definition) is 2. The fourth-order valence-corrected chi connectivity index (χ4v) is 2.51. The molecule has 0 aromatic carbocycles. The lowest BCUT2D eigenvalue weighted by molar-refractivity contribution is 0.386. The van der Waals surface area contributed by atoms with Crippen LogP contribution in [0.4, 0.5) is 0 Å². The van der Waals surface area contributed by atoms with Crippen molar-refractivity contribution in [2.24, 2.45) is 0 Å². The van der Waals surface area contributed by atoms with E-state index in [2.05, 4.69) is 55.8 Å². The lowest BCUT2D eigenvalue weighted by atomic mass is 10.1. The van der Waals surface area contributed by atoms with Crippen molar-refractivity contribution in [2.45, 2.75) is 58.5 Å². The van der Waals surface area contributed by atoms with Gasteiger partial charge in [-0.05, 0) is 64.9 Å². The van der Waals surface area contributed by atoms with Crippen LogP contribution in [0.3, 0.4) is 0 Å². The molecular weight excluding hydrogens is 240 g/mol. The summed E-state index contributed by atoms with van der Waals surface area (Å²) in [6.45, 7) is 11.0. The number of nitrogens with one attached hydrogen (secondary N) is 2. The zero-order chi connectivity index (χ0) is 13.4. The molecule has 0 saturated carbocycles. The van der Waals surface area contributed by atoms with E-state index in [4.69, 9.17) is 0 Å². The van der Waals surface area contributed by atoms with Crippen LogP contribution < -0.4 is 10.6 Å².